The number of nitrogens with zero attached hydrogens (tertiary/aromatic N) is 2. The average molecular weight is 389 g/mol. The molecular formula is C20H28N4O2S. The first-order chi connectivity index (χ1) is 12.9. The SMILES string of the molecule is CSc1ccccc1NC(=O)CN(C)C(C)C(=O)NC1(C#N)CCCCC1. The first kappa shape index (κ1) is 21.3. The minimum absolute atomic E-state index is 0.0941. The van der Waals surface area contributed by atoms with Gasteiger partial charge in [-0.3, -0.25) is 14.5 Å². The Labute approximate surface area is 165 Å². The van der Waals surface area contributed by atoms with Crippen LogP contribution >= 0.6 is 11.8 Å². The quantitative estimate of drug-likeness (QED) is 0.702. The van der Waals surface area contributed by atoms with Crippen LogP contribution in [0.5, 0.6) is 0 Å². The summed E-state index contributed by atoms with van der Waals surface area (Å²) in [5.74, 6) is -0.385. The van der Waals surface area contributed by atoms with E-state index in [1.165, 1.54) is 0 Å². The zero-order valence-electron chi connectivity index (χ0n) is 16.2. The fourth-order valence-corrected chi connectivity index (χ4v) is 3.82. The summed E-state index contributed by atoms with van der Waals surface area (Å²) in [6.45, 7) is 1.85. The number of para-hydroxylation sites is 1. The van der Waals surface area contributed by atoms with Crippen LogP contribution in [0.2, 0.25) is 0 Å². The van der Waals surface area contributed by atoms with Crippen molar-refractivity contribution in [3.05, 3.63) is 24.3 Å². The van der Waals surface area contributed by atoms with E-state index in [1.807, 2.05) is 30.5 Å². The summed E-state index contributed by atoms with van der Waals surface area (Å²) in [4.78, 5) is 27.7. The zero-order chi connectivity index (χ0) is 19.9. The van der Waals surface area contributed by atoms with Crippen LogP contribution in [0.25, 0.3) is 0 Å². The Kier molecular flexibility index (Phi) is 7.69. The second kappa shape index (κ2) is 9.77. The molecule has 2 rings (SSSR count). The van der Waals surface area contributed by atoms with Gasteiger partial charge in [-0.25, -0.2) is 0 Å². The van der Waals surface area contributed by atoms with Crippen LogP contribution in [-0.4, -0.2) is 48.1 Å². The molecule has 1 fully saturated rings. The molecule has 1 atom stereocenters. The Hall–Kier alpha value is -2.04. The number of hydrogen-bond donors (Lipinski definition) is 2. The van der Waals surface area contributed by atoms with Gasteiger partial charge in [0.05, 0.1) is 24.3 Å². The van der Waals surface area contributed by atoms with Crippen LogP contribution in [0, 0.1) is 11.3 Å². The van der Waals surface area contributed by atoms with Crippen molar-refractivity contribution < 1.29 is 9.59 Å². The number of nitriles is 1. The highest BCUT2D eigenvalue weighted by atomic mass is 32.2. The molecule has 146 valence electrons. The largest absolute Gasteiger partial charge is 0.336 e. The Morgan fingerprint density at radius 1 is 1.30 bits per heavy atom. The van der Waals surface area contributed by atoms with Gasteiger partial charge in [-0.15, -0.1) is 11.8 Å². The van der Waals surface area contributed by atoms with Crippen LogP contribution in [0.1, 0.15) is 39.0 Å². The Bertz CT molecular complexity index is 710. The predicted octanol–water partition coefficient (Wildman–Crippen LogP) is 3.01. The molecule has 27 heavy (non-hydrogen) atoms. The number of rotatable bonds is 7. The summed E-state index contributed by atoms with van der Waals surface area (Å²) < 4.78 is 0. The van der Waals surface area contributed by atoms with E-state index in [2.05, 4.69) is 16.7 Å². The smallest absolute Gasteiger partial charge is 0.238 e. The lowest BCUT2D eigenvalue weighted by Crippen LogP contribution is -2.55. The van der Waals surface area contributed by atoms with Crippen molar-refractivity contribution >= 4 is 29.3 Å². The maximum atomic E-state index is 12.6. The number of thioether (sulfide) groups is 1. The number of carbonyl (C=O) groups excluding carboxylic acids is 2. The number of anilines is 1. The van der Waals surface area contributed by atoms with E-state index in [0.717, 1.165) is 29.8 Å². The molecule has 2 amide bonds. The van der Waals surface area contributed by atoms with Crippen LogP contribution < -0.4 is 10.6 Å². The number of carbonyl (C=O) groups is 2. The minimum atomic E-state index is -0.760. The van der Waals surface area contributed by atoms with E-state index in [1.54, 1.807) is 30.6 Å². The number of likely N-dealkylation sites (N-methyl/N-ethyl adjacent to an activating group) is 1. The third-order valence-corrected chi connectivity index (χ3v) is 5.89. The molecule has 1 aliphatic carbocycles. The molecule has 0 heterocycles. The van der Waals surface area contributed by atoms with Crippen molar-refractivity contribution in [1.82, 2.24) is 10.2 Å². The van der Waals surface area contributed by atoms with Gasteiger partial charge in [0.2, 0.25) is 11.8 Å². The highest BCUT2D eigenvalue weighted by Gasteiger charge is 2.35. The van der Waals surface area contributed by atoms with Gasteiger partial charge >= 0.3 is 0 Å². The van der Waals surface area contributed by atoms with E-state index >= 15 is 0 Å². The zero-order valence-corrected chi connectivity index (χ0v) is 17.1. The van der Waals surface area contributed by atoms with Crippen LogP contribution in [0.15, 0.2) is 29.2 Å². The topological polar surface area (TPSA) is 85.2 Å². The fourth-order valence-electron chi connectivity index (χ4n) is 3.26. The predicted molar refractivity (Wildman–Crippen MR) is 109 cm³/mol. The molecule has 0 saturated heterocycles. The van der Waals surface area contributed by atoms with Crippen molar-refractivity contribution in [2.24, 2.45) is 0 Å². The molecule has 0 bridgehead atoms. The summed E-state index contributed by atoms with van der Waals surface area (Å²) in [6.07, 6.45) is 6.35. The van der Waals surface area contributed by atoms with E-state index < -0.39 is 11.6 Å². The van der Waals surface area contributed by atoms with Crippen molar-refractivity contribution in [2.45, 2.75) is 55.5 Å². The molecular weight excluding hydrogens is 360 g/mol. The van der Waals surface area contributed by atoms with Crippen molar-refractivity contribution in [3.63, 3.8) is 0 Å². The average Bonchev–Trinajstić information content (AvgIpc) is 2.68. The third kappa shape index (κ3) is 5.72. The lowest BCUT2D eigenvalue weighted by atomic mass is 9.82. The summed E-state index contributed by atoms with van der Waals surface area (Å²) in [5.41, 5.74) is 0.00964. The number of nitrogens with one attached hydrogen (secondary N) is 2. The van der Waals surface area contributed by atoms with Crippen LogP contribution in [0.4, 0.5) is 5.69 Å². The molecule has 1 saturated carbocycles. The van der Waals surface area contributed by atoms with Crippen molar-refractivity contribution in [2.75, 3.05) is 25.2 Å². The van der Waals surface area contributed by atoms with E-state index in [0.29, 0.717) is 12.8 Å². The molecule has 7 heteroatoms. The van der Waals surface area contributed by atoms with Gasteiger partial charge < -0.3 is 10.6 Å². The normalized spacial score (nSPS) is 17.0. The van der Waals surface area contributed by atoms with E-state index in [-0.39, 0.29) is 18.4 Å². The van der Waals surface area contributed by atoms with E-state index in [4.69, 9.17) is 0 Å². The molecule has 0 radical (unpaired) electrons. The summed E-state index contributed by atoms with van der Waals surface area (Å²) in [5, 5.41) is 15.4. The number of benzene rings is 1. The summed E-state index contributed by atoms with van der Waals surface area (Å²) in [7, 11) is 1.74. The second-order valence-electron chi connectivity index (χ2n) is 7.08. The molecule has 1 aromatic rings. The van der Waals surface area contributed by atoms with Gasteiger partial charge in [0.1, 0.15) is 5.54 Å². The highest BCUT2D eigenvalue weighted by molar-refractivity contribution is 7.98. The van der Waals surface area contributed by atoms with Crippen LogP contribution in [-0.2, 0) is 9.59 Å². The summed E-state index contributed by atoms with van der Waals surface area (Å²) in [6, 6.07) is 9.41. The lowest BCUT2D eigenvalue weighted by Gasteiger charge is -2.34. The van der Waals surface area contributed by atoms with Gasteiger partial charge in [-0.05, 0) is 45.2 Å². The molecule has 2 N–H and O–H groups in total. The van der Waals surface area contributed by atoms with Gasteiger partial charge in [0.25, 0.3) is 0 Å². The van der Waals surface area contributed by atoms with Crippen LogP contribution in [0.3, 0.4) is 0 Å². The first-order valence-corrected chi connectivity index (χ1v) is 10.5. The number of hydrogen-bond acceptors (Lipinski definition) is 5. The lowest BCUT2D eigenvalue weighted by molar-refractivity contribution is -0.128. The fraction of sp³-hybridized carbons (Fsp3) is 0.550. The minimum Gasteiger partial charge on any atom is -0.336 e. The Balaban J connectivity index is 1.92. The molecule has 1 aliphatic rings. The molecule has 0 spiro atoms. The van der Waals surface area contributed by atoms with Gasteiger partial charge in [-0.1, -0.05) is 31.4 Å². The maximum absolute atomic E-state index is 12.6. The summed E-state index contributed by atoms with van der Waals surface area (Å²) >= 11 is 1.57. The third-order valence-electron chi connectivity index (χ3n) is 5.10. The molecule has 6 nitrogen and oxygen atoms in total. The highest BCUT2D eigenvalue weighted by Crippen LogP contribution is 2.28. The Morgan fingerprint density at radius 3 is 2.59 bits per heavy atom. The second-order valence-corrected chi connectivity index (χ2v) is 7.93. The van der Waals surface area contributed by atoms with Gasteiger partial charge in [0, 0.05) is 4.90 Å². The van der Waals surface area contributed by atoms with Gasteiger partial charge in [-0.2, -0.15) is 5.26 Å². The van der Waals surface area contributed by atoms with Crippen molar-refractivity contribution in [1.29, 1.82) is 5.26 Å². The standard InChI is InChI=1S/C20H28N4O2S/c1-15(19(26)23-20(14-21)11-7-4-8-12-20)24(2)13-18(25)22-16-9-5-6-10-17(16)27-3/h5-6,9-10,15H,4,7-8,11-13H2,1-3H3,(H,22,25)(H,23,26). The molecule has 1 aromatic carbocycles. The first-order valence-electron chi connectivity index (χ1n) is 9.27. The monoisotopic (exact) mass is 388 g/mol. The number of amides is 2. The van der Waals surface area contributed by atoms with Crippen molar-refractivity contribution in [3.8, 4) is 6.07 Å². The van der Waals surface area contributed by atoms with E-state index in [9.17, 15) is 14.9 Å². The Morgan fingerprint density at radius 2 is 1.96 bits per heavy atom. The van der Waals surface area contributed by atoms with Gasteiger partial charge in [0.15, 0.2) is 0 Å². The molecule has 1 unspecified atom stereocenters. The maximum Gasteiger partial charge on any atom is 0.238 e. The molecule has 0 aliphatic heterocycles. The molecule has 0 aromatic heterocycles.